The van der Waals surface area contributed by atoms with E-state index in [9.17, 15) is 13.6 Å². The number of nitrogens with zero attached hydrogens (tertiary/aromatic N) is 3. The first kappa shape index (κ1) is 13.8. The zero-order chi connectivity index (χ0) is 15.3. The van der Waals surface area contributed by atoms with E-state index in [-0.39, 0.29) is 11.9 Å². The molecule has 0 radical (unpaired) electrons. The highest BCUT2D eigenvalue weighted by Crippen LogP contribution is 2.43. The Morgan fingerprint density at radius 2 is 2.14 bits per heavy atom. The van der Waals surface area contributed by atoms with E-state index in [2.05, 4.69) is 9.88 Å². The van der Waals surface area contributed by atoms with Crippen molar-refractivity contribution in [1.82, 2.24) is 9.88 Å². The highest BCUT2D eigenvalue weighted by Gasteiger charge is 2.50. The maximum atomic E-state index is 13.6. The molecule has 2 saturated heterocycles. The van der Waals surface area contributed by atoms with Crippen LogP contribution in [0.25, 0.3) is 0 Å². The second-order valence-electron chi connectivity index (χ2n) is 5.47. The van der Waals surface area contributed by atoms with Crippen molar-refractivity contribution in [3.63, 3.8) is 0 Å². The van der Waals surface area contributed by atoms with Crippen LogP contribution >= 0.6 is 11.3 Å². The van der Waals surface area contributed by atoms with Gasteiger partial charge in [-0.3, -0.25) is 14.6 Å². The minimum Gasteiger partial charge on any atom is -0.273 e. The maximum Gasteiger partial charge on any atom is 0.247 e. The molecule has 0 spiro atoms. The van der Waals surface area contributed by atoms with Crippen molar-refractivity contribution in [2.45, 2.75) is 25.0 Å². The molecule has 0 bridgehead atoms. The molecule has 114 valence electrons. The van der Waals surface area contributed by atoms with Crippen LogP contribution in [0.2, 0.25) is 0 Å². The van der Waals surface area contributed by atoms with Gasteiger partial charge in [-0.25, -0.2) is 13.8 Å². The Morgan fingerprint density at radius 3 is 2.86 bits per heavy atom. The van der Waals surface area contributed by atoms with Gasteiger partial charge in [0.1, 0.15) is 6.17 Å². The number of benzene rings is 1. The fourth-order valence-electron chi connectivity index (χ4n) is 3.32. The van der Waals surface area contributed by atoms with Crippen LogP contribution in [0.15, 0.2) is 29.8 Å². The van der Waals surface area contributed by atoms with Crippen molar-refractivity contribution in [3.05, 3.63) is 47.0 Å². The molecule has 2 aromatic rings. The van der Waals surface area contributed by atoms with Gasteiger partial charge >= 0.3 is 0 Å². The first-order valence-electron chi connectivity index (χ1n) is 7.10. The molecule has 22 heavy (non-hydrogen) atoms. The van der Waals surface area contributed by atoms with Crippen molar-refractivity contribution >= 4 is 22.4 Å². The molecule has 1 amide bonds. The molecule has 4 nitrogen and oxygen atoms in total. The van der Waals surface area contributed by atoms with E-state index >= 15 is 0 Å². The van der Waals surface area contributed by atoms with Gasteiger partial charge in [-0.2, -0.15) is 0 Å². The highest BCUT2D eigenvalue weighted by molar-refractivity contribution is 7.13. The van der Waals surface area contributed by atoms with Gasteiger partial charge < -0.3 is 0 Å². The van der Waals surface area contributed by atoms with Crippen molar-refractivity contribution in [2.24, 2.45) is 0 Å². The average molecular weight is 321 g/mol. The topological polar surface area (TPSA) is 36.4 Å². The van der Waals surface area contributed by atoms with Crippen LogP contribution in [0, 0.1) is 11.6 Å². The van der Waals surface area contributed by atoms with Gasteiger partial charge in [-0.05, 0) is 30.5 Å². The molecule has 0 saturated carbocycles. The van der Waals surface area contributed by atoms with Crippen LogP contribution in [0.1, 0.15) is 24.6 Å². The van der Waals surface area contributed by atoms with Crippen LogP contribution in [0.3, 0.4) is 0 Å². The number of anilines is 1. The fourth-order valence-corrected chi connectivity index (χ4v) is 3.99. The molecule has 2 atom stereocenters. The molecule has 2 unspecified atom stereocenters. The number of aromatic nitrogens is 1. The van der Waals surface area contributed by atoms with Gasteiger partial charge in [0.15, 0.2) is 16.8 Å². The summed E-state index contributed by atoms with van der Waals surface area (Å²) in [6, 6.07) is 3.63. The highest BCUT2D eigenvalue weighted by atomic mass is 32.1. The molecular formula is C15H13F2N3OS. The van der Waals surface area contributed by atoms with Gasteiger partial charge in [-0.1, -0.05) is 6.07 Å². The third-order valence-corrected chi connectivity index (χ3v) is 5.01. The number of hydrogen-bond acceptors (Lipinski definition) is 4. The van der Waals surface area contributed by atoms with Gasteiger partial charge in [-0.15, -0.1) is 11.3 Å². The number of carbonyl (C=O) groups excluding carboxylic acids is 1. The van der Waals surface area contributed by atoms with E-state index in [0.29, 0.717) is 10.7 Å². The lowest BCUT2D eigenvalue weighted by Crippen LogP contribution is -2.32. The summed E-state index contributed by atoms with van der Waals surface area (Å²) in [6.07, 6.45) is 2.95. The number of hydrogen-bond donors (Lipinski definition) is 0. The number of rotatable bonds is 2. The summed E-state index contributed by atoms with van der Waals surface area (Å²) in [4.78, 5) is 20.6. The number of halogens is 2. The monoisotopic (exact) mass is 321 g/mol. The molecule has 4 rings (SSSR count). The van der Waals surface area contributed by atoms with Crippen LogP contribution < -0.4 is 4.90 Å². The summed E-state index contributed by atoms with van der Waals surface area (Å²) in [6.45, 7) is 0.766. The molecule has 7 heteroatoms. The predicted octanol–water partition coefficient (Wildman–Crippen LogP) is 2.93. The Balaban J connectivity index is 1.82. The molecule has 3 heterocycles. The average Bonchev–Trinajstić information content (AvgIpc) is 3.20. The Bertz CT molecular complexity index is 722. The van der Waals surface area contributed by atoms with Crippen LogP contribution in [0.4, 0.5) is 13.9 Å². The van der Waals surface area contributed by atoms with Crippen LogP contribution in [-0.4, -0.2) is 28.4 Å². The molecule has 1 aromatic carbocycles. The number of thiazole rings is 1. The molecule has 0 aliphatic carbocycles. The normalized spacial score (nSPS) is 25.0. The Kier molecular flexibility index (Phi) is 3.19. The molecule has 2 fully saturated rings. The van der Waals surface area contributed by atoms with Gasteiger partial charge in [0.2, 0.25) is 5.91 Å². The molecular weight excluding hydrogens is 308 g/mol. The second kappa shape index (κ2) is 5.10. The van der Waals surface area contributed by atoms with Crippen molar-refractivity contribution in [3.8, 4) is 0 Å². The largest absolute Gasteiger partial charge is 0.273 e. The summed E-state index contributed by atoms with van der Waals surface area (Å²) < 4.78 is 26.9. The van der Waals surface area contributed by atoms with Gasteiger partial charge in [0, 0.05) is 18.1 Å². The maximum absolute atomic E-state index is 13.6. The predicted molar refractivity (Wildman–Crippen MR) is 78.4 cm³/mol. The van der Waals surface area contributed by atoms with E-state index in [1.807, 2.05) is 0 Å². The van der Waals surface area contributed by atoms with Gasteiger partial charge in [0.05, 0.1) is 6.04 Å². The third-order valence-electron chi connectivity index (χ3n) is 4.24. The third kappa shape index (κ3) is 1.96. The second-order valence-corrected chi connectivity index (χ2v) is 6.34. The van der Waals surface area contributed by atoms with E-state index in [1.165, 1.54) is 23.5 Å². The minimum absolute atomic E-state index is 0.0119. The lowest BCUT2D eigenvalue weighted by molar-refractivity contribution is -0.119. The molecule has 1 aromatic heterocycles. The van der Waals surface area contributed by atoms with E-state index in [4.69, 9.17) is 0 Å². The zero-order valence-corrected chi connectivity index (χ0v) is 12.4. The van der Waals surface area contributed by atoms with Crippen molar-refractivity contribution in [2.75, 3.05) is 11.4 Å². The quantitative estimate of drug-likeness (QED) is 0.853. The first-order valence-corrected chi connectivity index (χ1v) is 7.98. The minimum atomic E-state index is -0.897. The Labute approximate surface area is 130 Å². The van der Waals surface area contributed by atoms with E-state index in [1.54, 1.807) is 16.5 Å². The van der Waals surface area contributed by atoms with Crippen molar-refractivity contribution < 1.29 is 13.6 Å². The molecule has 2 aliphatic rings. The number of carbonyl (C=O) groups is 1. The lowest BCUT2D eigenvalue weighted by Gasteiger charge is -2.28. The zero-order valence-electron chi connectivity index (χ0n) is 11.6. The summed E-state index contributed by atoms with van der Waals surface area (Å²) >= 11 is 1.37. The fraction of sp³-hybridized carbons (Fsp3) is 0.333. The number of fused-ring (bicyclic) bond motifs is 1. The summed E-state index contributed by atoms with van der Waals surface area (Å²) in [5.74, 6) is -1.79. The first-order chi connectivity index (χ1) is 10.7. The lowest BCUT2D eigenvalue weighted by atomic mass is 10.1. The van der Waals surface area contributed by atoms with E-state index in [0.717, 1.165) is 25.5 Å². The Hall–Kier alpha value is -1.86. The smallest absolute Gasteiger partial charge is 0.247 e. The summed E-state index contributed by atoms with van der Waals surface area (Å²) in [5, 5.41) is 2.39. The summed E-state index contributed by atoms with van der Waals surface area (Å²) in [5.41, 5.74) is 0.576. The SMILES string of the molecule is O=C1C2CCCN2C(c2ccc(F)c(F)c2)N1c1nccs1. The van der Waals surface area contributed by atoms with Gasteiger partial charge in [0.25, 0.3) is 0 Å². The Morgan fingerprint density at radius 1 is 1.27 bits per heavy atom. The number of amides is 1. The van der Waals surface area contributed by atoms with Crippen molar-refractivity contribution in [1.29, 1.82) is 0 Å². The molecule has 0 N–H and O–H groups in total. The van der Waals surface area contributed by atoms with E-state index < -0.39 is 17.8 Å². The standard InChI is InChI=1S/C15H13F2N3OS/c16-10-4-3-9(8-11(10)17)13-19-6-1-2-12(19)14(21)20(13)15-18-5-7-22-15/h3-5,7-8,12-13H,1-2,6H2. The van der Waals surface area contributed by atoms with Crippen LogP contribution in [0.5, 0.6) is 0 Å². The summed E-state index contributed by atoms with van der Waals surface area (Å²) in [7, 11) is 0. The molecule has 2 aliphatic heterocycles. The van der Waals surface area contributed by atoms with Crippen LogP contribution in [-0.2, 0) is 4.79 Å².